The molecule has 0 aliphatic carbocycles. The third kappa shape index (κ3) is 4.44. The summed E-state index contributed by atoms with van der Waals surface area (Å²) in [5.74, 6) is -0.0560. The van der Waals surface area contributed by atoms with Gasteiger partial charge in [0.1, 0.15) is 17.7 Å². The molecule has 0 atom stereocenters. The van der Waals surface area contributed by atoms with Crippen LogP contribution in [0.15, 0.2) is 24.5 Å². The quantitative estimate of drug-likeness (QED) is 0.837. The van der Waals surface area contributed by atoms with Crippen molar-refractivity contribution in [3.63, 3.8) is 0 Å². The Hall–Kier alpha value is -2.15. The van der Waals surface area contributed by atoms with E-state index < -0.39 is 17.5 Å². The van der Waals surface area contributed by atoms with Crippen LogP contribution in [0.2, 0.25) is 5.02 Å². The molecule has 2 rings (SSSR count). The summed E-state index contributed by atoms with van der Waals surface area (Å²) in [6.07, 6.45) is 0.909. The summed E-state index contributed by atoms with van der Waals surface area (Å²) in [5.41, 5.74) is -0.109. The molecule has 1 aromatic carbocycles. The van der Waals surface area contributed by atoms with Gasteiger partial charge in [-0.2, -0.15) is 5.10 Å². The molecule has 0 spiro atoms. The Morgan fingerprint density at radius 3 is 2.71 bits per heavy atom. The van der Waals surface area contributed by atoms with Crippen molar-refractivity contribution in [3.8, 4) is 5.69 Å². The lowest BCUT2D eigenvalue weighted by atomic mass is 10.2. The van der Waals surface area contributed by atoms with Crippen molar-refractivity contribution in [1.29, 1.82) is 0 Å². The number of hydrogen-bond donors (Lipinski definition) is 0. The van der Waals surface area contributed by atoms with Gasteiger partial charge in [0.2, 0.25) is 0 Å². The third-order valence-corrected chi connectivity index (χ3v) is 3.44. The molecule has 0 saturated heterocycles. The van der Waals surface area contributed by atoms with Crippen LogP contribution < -0.4 is 0 Å². The molecule has 0 saturated carbocycles. The summed E-state index contributed by atoms with van der Waals surface area (Å²) < 4.78 is 20.5. The molecule has 1 aromatic heterocycles. The van der Waals surface area contributed by atoms with Gasteiger partial charge < -0.3 is 9.64 Å². The highest BCUT2D eigenvalue weighted by Crippen LogP contribution is 2.19. The standard InChI is InChI=1S/C16H20ClFN4O2/c1-5-21(15(23)24-16(2,3)4)9-14-19-10-20-22(14)11-6-7-12(17)13(18)8-11/h6-8,10H,5,9H2,1-4H3. The Bertz CT molecular complexity index is 727. The number of benzene rings is 1. The summed E-state index contributed by atoms with van der Waals surface area (Å²) in [5, 5.41) is 4.13. The zero-order valence-electron chi connectivity index (χ0n) is 14.1. The molecular weight excluding hydrogens is 335 g/mol. The normalized spacial score (nSPS) is 11.4. The van der Waals surface area contributed by atoms with Crippen LogP contribution in [0.1, 0.15) is 33.5 Å². The van der Waals surface area contributed by atoms with E-state index in [0.29, 0.717) is 18.1 Å². The number of rotatable bonds is 4. The van der Waals surface area contributed by atoms with Crippen LogP contribution in [0.4, 0.5) is 9.18 Å². The average molecular weight is 355 g/mol. The number of aromatic nitrogens is 3. The van der Waals surface area contributed by atoms with E-state index in [9.17, 15) is 9.18 Å². The second-order valence-electron chi connectivity index (χ2n) is 6.18. The van der Waals surface area contributed by atoms with Crippen molar-refractivity contribution >= 4 is 17.7 Å². The van der Waals surface area contributed by atoms with Crippen LogP contribution in [0.3, 0.4) is 0 Å². The van der Waals surface area contributed by atoms with Gasteiger partial charge in [-0.15, -0.1) is 0 Å². The number of halogens is 2. The van der Waals surface area contributed by atoms with Gasteiger partial charge in [0.25, 0.3) is 0 Å². The smallest absolute Gasteiger partial charge is 0.410 e. The van der Waals surface area contributed by atoms with Crippen LogP contribution in [-0.4, -0.2) is 37.9 Å². The maximum absolute atomic E-state index is 13.7. The van der Waals surface area contributed by atoms with E-state index in [2.05, 4.69) is 10.1 Å². The van der Waals surface area contributed by atoms with E-state index >= 15 is 0 Å². The second kappa shape index (κ2) is 7.17. The number of carbonyl (C=O) groups is 1. The number of ether oxygens (including phenoxy) is 1. The minimum atomic E-state index is -0.586. The van der Waals surface area contributed by atoms with Gasteiger partial charge in [-0.05, 0) is 39.8 Å². The molecule has 0 N–H and O–H groups in total. The number of hydrogen-bond acceptors (Lipinski definition) is 4. The van der Waals surface area contributed by atoms with Crippen molar-refractivity contribution in [1.82, 2.24) is 19.7 Å². The summed E-state index contributed by atoms with van der Waals surface area (Å²) in [6.45, 7) is 7.88. The molecule has 1 amide bonds. The van der Waals surface area contributed by atoms with Crippen LogP contribution in [0.5, 0.6) is 0 Å². The SMILES string of the molecule is CCN(Cc1ncnn1-c1ccc(Cl)c(F)c1)C(=O)OC(C)(C)C. The first-order valence-electron chi connectivity index (χ1n) is 7.53. The van der Waals surface area contributed by atoms with Gasteiger partial charge in [-0.1, -0.05) is 11.6 Å². The molecule has 0 bridgehead atoms. The molecule has 130 valence electrons. The third-order valence-electron chi connectivity index (χ3n) is 3.13. The highest BCUT2D eigenvalue weighted by molar-refractivity contribution is 6.30. The van der Waals surface area contributed by atoms with Crippen LogP contribution in [0.25, 0.3) is 5.69 Å². The Labute approximate surface area is 145 Å². The van der Waals surface area contributed by atoms with Crippen LogP contribution >= 0.6 is 11.6 Å². The monoisotopic (exact) mass is 354 g/mol. The fourth-order valence-corrected chi connectivity index (χ4v) is 2.13. The Morgan fingerprint density at radius 2 is 2.12 bits per heavy atom. The van der Waals surface area contributed by atoms with E-state index in [1.54, 1.807) is 26.8 Å². The van der Waals surface area contributed by atoms with E-state index in [-0.39, 0.29) is 11.6 Å². The van der Waals surface area contributed by atoms with E-state index in [0.717, 1.165) is 0 Å². The first kappa shape index (κ1) is 18.2. The first-order chi connectivity index (χ1) is 11.2. The van der Waals surface area contributed by atoms with Crippen LogP contribution in [0, 0.1) is 5.82 Å². The molecule has 0 aliphatic rings. The fraction of sp³-hybridized carbons (Fsp3) is 0.438. The predicted octanol–water partition coefficient (Wildman–Crippen LogP) is 3.82. The van der Waals surface area contributed by atoms with Crippen molar-refractivity contribution in [3.05, 3.63) is 41.2 Å². The zero-order chi connectivity index (χ0) is 17.9. The molecule has 0 aliphatic heterocycles. The lowest BCUT2D eigenvalue weighted by Crippen LogP contribution is -2.37. The highest BCUT2D eigenvalue weighted by atomic mass is 35.5. The molecule has 6 nitrogen and oxygen atoms in total. The van der Waals surface area contributed by atoms with Crippen molar-refractivity contribution in [2.45, 2.75) is 39.8 Å². The Morgan fingerprint density at radius 1 is 1.42 bits per heavy atom. The fourth-order valence-electron chi connectivity index (χ4n) is 2.01. The van der Waals surface area contributed by atoms with E-state index in [1.807, 2.05) is 6.92 Å². The summed E-state index contributed by atoms with van der Waals surface area (Å²) in [6, 6.07) is 4.35. The van der Waals surface area contributed by atoms with Crippen molar-refractivity contribution in [2.24, 2.45) is 0 Å². The first-order valence-corrected chi connectivity index (χ1v) is 7.91. The largest absolute Gasteiger partial charge is 0.444 e. The minimum Gasteiger partial charge on any atom is -0.444 e. The summed E-state index contributed by atoms with van der Waals surface area (Å²) in [7, 11) is 0. The van der Waals surface area contributed by atoms with Gasteiger partial charge in [0.05, 0.1) is 17.3 Å². The minimum absolute atomic E-state index is 0.0318. The Balaban J connectivity index is 2.22. The predicted molar refractivity (Wildman–Crippen MR) is 88.6 cm³/mol. The van der Waals surface area contributed by atoms with Crippen LogP contribution in [-0.2, 0) is 11.3 Å². The summed E-state index contributed by atoms with van der Waals surface area (Å²) >= 11 is 5.70. The van der Waals surface area contributed by atoms with E-state index in [4.69, 9.17) is 16.3 Å². The lowest BCUT2D eigenvalue weighted by molar-refractivity contribution is 0.0238. The molecule has 0 radical (unpaired) electrons. The van der Waals surface area contributed by atoms with Gasteiger partial charge in [0, 0.05) is 12.6 Å². The second-order valence-corrected chi connectivity index (χ2v) is 6.59. The number of nitrogens with zero attached hydrogens (tertiary/aromatic N) is 4. The maximum Gasteiger partial charge on any atom is 0.410 e. The molecule has 8 heteroatoms. The number of amides is 1. The molecule has 0 unspecified atom stereocenters. The molecule has 0 fully saturated rings. The van der Waals surface area contributed by atoms with E-state index in [1.165, 1.54) is 28.0 Å². The molecule has 2 aromatic rings. The number of carbonyl (C=O) groups excluding carboxylic acids is 1. The van der Waals surface area contributed by atoms with Gasteiger partial charge in [-0.3, -0.25) is 0 Å². The van der Waals surface area contributed by atoms with Gasteiger partial charge in [0.15, 0.2) is 5.82 Å². The average Bonchev–Trinajstić information content (AvgIpc) is 2.93. The van der Waals surface area contributed by atoms with Gasteiger partial charge in [-0.25, -0.2) is 18.9 Å². The highest BCUT2D eigenvalue weighted by Gasteiger charge is 2.23. The molecule has 1 heterocycles. The zero-order valence-corrected chi connectivity index (χ0v) is 14.8. The maximum atomic E-state index is 13.7. The molecule has 24 heavy (non-hydrogen) atoms. The molecular formula is C16H20ClFN4O2. The Kier molecular flexibility index (Phi) is 5.43. The van der Waals surface area contributed by atoms with Crippen molar-refractivity contribution in [2.75, 3.05) is 6.54 Å². The van der Waals surface area contributed by atoms with Gasteiger partial charge >= 0.3 is 6.09 Å². The lowest BCUT2D eigenvalue weighted by Gasteiger charge is -2.26. The van der Waals surface area contributed by atoms with Crippen molar-refractivity contribution < 1.29 is 13.9 Å². The topological polar surface area (TPSA) is 60.2 Å². The summed E-state index contributed by atoms with van der Waals surface area (Å²) in [4.78, 5) is 17.9.